The van der Waals surface area contributed by atoms with Gasteiger partial charge in [-0.15, -0.1) is 0 Å². The molecule has 2 unspecified atom stereocenters. The van der Waals surface area contributed by atoms with Crippen LogP contribution in [-0.2, 0) is 9.47 Å². The Labute approximate surface area is 165 Å². The van der Waals surface area contributed by atoms with E-state index in [9.17, 15) is 0 Å². The van der Waals surface area contributed by atoms with Gasteiger partial charge in [-0.2, -0.15) is 0 Å². The highest BCUT2D eigenvalue weighted by Crippen LogP contribution is 2.25. The molecule has 0 aromatic carbocycles. The quantitative estimate of drug-likeness (QED) is 0.795. The van der Waals surface area contributed by atoms with Crippen molar-refractivity contribution in [1.82, 2.24) is 9.97 Å². The average molecular weight is 378 g/mol. The summed E-state index contributed by atoms with van der Waals surface area (Å²) in [5.74, 6) is 2.04. The summed E-state index contributed by atoms with van der Waals surface area (Å²) in [5.41, 5.74) is 3.50. The molecule has 4 rings (SSSR count). The number of pyridine rings is 2. The molecule has 2 aromatic rings. The molecule has 2 aliphatic rings. The van der Waals surface area contributed by atoms with Gasteiger partial charge in [0.2, 0.25) is 11.8 Å². The molecule has 2 atom stereocenters. The first-order valence-corrected chi connectivity index (χ1v) is 9.85. The lowest BCUT2D eigenvalue weighted by Crippen LogP contribution is -2.13. The lowest BCUT2D eigenvalue weighted by atomic mass is 10.1. The summed E-state index contributed by atoms with van der Waals surface area (Å²) < 4.78 is 11.8. The molecule has 4 heterocycles. The van der Waals surface area contributed by atoms with E-state index in [1.807, 2.05) is 24.3 Å². The normalized spacial score (nSPS) is 21.5. The van der Waals surface area contributed by atoms with Crippen LogP contribution in [0.15, 0.2) is 46.6 Å². The van der Waals surface area contributed by atoms with Crippen molar-refractivity contribution in [3.8, 4) is 11.1 Å². The lowest BCUT2D eigenvalue weighted by Gasteiger charge is -2.09. The molecule has 0 bridgehead atoms. The predicted octanol–water partition coefficient (Wildman–Crippen LogP) is 3.75. The molecule has 0 radical (unpaired) electrons. The lowest BCUT2D eigenvalue weighted by molar-refractivity contribution is 0.290. The molecule has 2 aliphatic heterocycles. The molecule has 0 fully saturated rings. The van der Waals surface area contributed by atoms with Crippen LogP contribution in [0.5, 0.6) is 0 Å². The van der Waals surface area contributed by atoms with Gasteiger partial charge < -0.3 is 9.47 Å². The van der Waals surface area contributed by atoms with Gasteiger partial charge >= 0.3 is 0 Å². The monoisotopic (exact) mass is 378 g/mol. The smallest absolute Gasteiger partial charge is 0.235 e. The maximum absolute atomic E-state index is 5.88. The Hall–Kier alpha value is -2.76. The Balaban J connectivity index is 1.77. The number of nitrogens with zero attached hydrogens (tertiary/aromatic N) is 4. The largest absolute Gasteiger partial charge is 0.474 e. The van der Waals surface area contributed by atoms with E-state index >= 15 is 0 Å². The van der Waals surface area contributed by atoms with E-state index in [0.717, 1.165) is 11.1 Å². The van der Waals surface area contributed by atoms with Crippen LogP contribution in [0.25, 0.3) is 11.1 Å². The molecule has 28 heavy (non-hydrogen) atoms. The minimum atomic E-state index is 0.162. The second kappa shape index (κ2) is 7.70. The first-order valence-electron chi connectivity index (χ1n) is 9.85. The SMILES string of the molecule is CC(C)C1COC(c2cc(-c3ccncc3)cc(C3=NC(C(C)C)CO3)n2)=N1. The highest BCUT2D eigenvalue weighted by molar-refractivity contribution is 5.99. The summed E-state index contributed by atoms with van der Waals surface area (Å²) in [6, 6.07) is 8.30. The molecular formula is C22H26N4O2. The molecule has 0 saturated heterocycles. The first kappa shape index (κ1) is 18.6. The highest BCUT2D eigenvalue weighted by Gasteiger charge is 2.27. The minimum absolute atomic E-state index is 0.162. The number of ether oxygens (including phenoxy) is 2. The van der Waals surface area contributed by atoms with Crippen LogP contribution in [0.1, 0.15) is 39.1 Å². The fraction of sp³-hybridized carbons (Fsp3) is 0.455. The van der Waals surface area contributed by atoms with Crippen LogP contribution < -0.4 is 0 Å². The zero-order chi connectivity index (χ0) is 19.7. The van der Waals surface area contributed by atoms with Crippen molar-refractivity contribution in [3.05, 3.63) is 48.0 Å². The summed E-state index contributed by atoms with van der Waals surface area (Å²) in [6.45, 7) is 9.80. The highest BCUT2D eigenvalue weighted by atomic mass is 16.5. The molecule has 6 heteroatoms. The van der Waals surface area contributed by atoms with Crippen LogP contribution >= 0.6 is 0 Å². The van der Waals surface area contributed by atoms with E-state index in [0.29, 0.717) is 48.2 Å². The van der Waals surface area contributed by atoms with Crippen molar-refractivity contribution in [1.29, 1.82) is 0 Å². The Kier molecular flexibility index (Phi) is 5.11. The van der Waals surface area contributed by atoms with Gasteiger partial charge in [0.25, 0.3) is 0 Å². The van der Waals surface area contributed by atoms with E-state index in [4.69, 9.17) is 24.4 Å². The van der Waals surface area contributed by atoms with Crippen LogP contribution in [0.2, 0.25) is 0 Å². The number of aliphatic imine (C=N–C) groups is 2. The van der Waals surface area contributed by atoms with Crippen molar-refractivity contribution in [2.75, 3.05) is 13.2 Å². The van der Waals surface area contributed by atoms with Crippen molar-refractivity contribution in [2.24, 2.45) is 21.8 Å². The van der Waals surface area contributed by atoms with Crippen LogP contribution in [0.3, 0.4) is 0 Å². The minimum Gasteiger partial charge on any atom is -0.474 e. The molecule has 0 aliphatic carbocycles. The Bertz CT molecular complexity index is 854. The number of hydrogen-bond acceptors (Lipinski definition) is 6. The molecular weight excluding hydrogens is 352 g/mol. The van der Waals surface area contributed by atoms with E-state index in [1.54, 1.807) is 12.4 Å². The van der Waals surface area contributed by atoms with Crippen molar-refractivity contribution in [2.45, 2.75) is 39.8 Å². The Morgan fingerprint density at radius 3 is 1.71 bits per heavy atom. The zero-order valence-corrected chi connectivity index (χ0v) is 16.8. The molecule has 146 valence electrons. The third-order valence-electron chi connectivity index (χ3n) is 5.16. The summed E-state index contributed by atoms with van der Waals surface area (Å²) in [4.78, 5) is 18.4. The molecule has 6 nitrogen and oxygen atoms in total. The Morgan fingerprint density at radius 1 is 0.786 bits per heavy atom. The van der Waals surface area contributed by atoms with Gasteiger partial charge in [0.1, 0.15) is 24.6 Å². The van der Waals surface area contributed by atoms with Crippen molar-refractivity contribution >= 4 is 11.8 Å². The third kappa shape index (κ3) is 3.77. The molecule has 0 saturated carbocycles. The van der Waals surface area contributed by atoms with Gasteiger partial charge in [-0.05, 0) is 47.2 Å². The van der Waals surface area contributed by atoms with Crippen LogP contribution in [0.4, 0.5) is 0 Å². The average Bonchev–Trinajstić information content (AvgIpc) is 3.38. The molecule has 0 amide bonds. The summed E-state index contributed by atoms with van der Waals surface area (Å²) in [7, 11) is 0. The second-order valence-corrected chi connectivity index (χ2v) is 7.98. The summed E-state index contributed by atoms with van der Waals surface area (Å²) in [5, 5.41) is 0. The first-order chi connectivity index (χ1) is 13.5. The van der Waals surface area contributed by atoms with Crippen molar-refractivity contribution < 1.29 is 9.47 Å². The van der Waals surface area contributed by atoms with Gasteiger partial charge in [-0.25, -0.2) is 15.0 Å². The fourth-order valence-electron chi connectivity index (χ4n) is 3.20. The maximum atomic E-state index is 5.88. The van der Waals surface area contributed by atoms with Crippen LogP contribution in [0, 0.1) is 11.8 Å². The third-order valence-corrected chi connectivity index (χ3v) is 5.16. The summed E-state index contributed by atoms with van der Waals surface area (Å²) in [6.07, 6.45) is 3.57. The van der Waals surface area contributed by atoms with E-state index < -0.39 is 0 Å². The number of hydrogen-bond donors (Lipinski definition) is 0. The van der Waals surface area contributed by atoms with E-state index in [1.165, 1.54) is 0 Å². The van der Waals surface area contributed by atoms with Crippen molar-refractivity contribution in [3.63, 3.8) is 0 Å². The van der Waals surface area contributed by atoms with Gasteiger partial charge in [-0.3, -0.25) is 4.98 Å². The Morgan fingerprint density at radius 2 is 1.29 bits per heavy atom. The molecule has 0 spiro atoms. The van der Waals surface area contributed by atoms with E-state index in [2.05, 4.69) is 32.7 Å². The number of rotatable bonds is 5. The fourth-order valence-corrected chi connectivity index (χ4v) is 3.20. The second-order valence-electron chi connectivity index (χ2n) is 7.98. The zero-order valence-electron chi connectivity index (χ0n) is 16.8. The standard InChI is InChI=1S/C22H26N4O2/c1-13(2)19-11-27-21(25-19)17-9-16(15-5-7-23-8-6-15)10-18(24-17)22-26-20(12-28-22)14(3)4/h5-10,13-14,19-20H,11-12H2,1-4H3. The molecule has 0 N–H and O–H groups in total. The van der Waals surface area contributed by atoms with Gasteiger partial charge in [-0.1, -0.05) is 27.7 Å². The maximum Gasteiger partial charge on any atom is 0.235 e. The number of aromatic nitrogens is 2. The predicted molar refractivity (Wildman–Crippen MR) is 110 cm³/mol. The van der Waals surface area contributed by atoms with Gasteiger partial charge in [0.15, 0.2) is 0 Å². The topological polar surface area (TPSA) is 69.0 Å². The van der Waals surface area contributed by atoms with Crippen LogP contribution in [-0.4, -0.2) is 47.1 Å². The summed E-state index contributed by atoms with van der Waals surface area (Å²) >= 11 is 0. The molecule has 2 aromatic heterocycles. The van der Waals surface area contributed by atoms with Gasteiger partial charge in [0.05, 0.1) is 12.1 Å². The van der Waals surface area contributed by atoms with E-state index in [-0.39, 0.29) is 12.1 Å². The van der Waals surface area contributed by atoms with Gasteiger partial charge in [0, 0.05) is 12.4 Å².